The van der Waals surface area contributed by atoms with E-state index in [-0.39, 0.29) is 24.9 Å². The molecule has 112 valence electrons. The number of hydrogen-bond donors (Lipinski definition) is 0. The Morgan fingerprint density at radius 3 is 3.00 bits per heavy atom. The summed E-state index contributed by atoms with van der Waals surface area (Å²) in [5.41, 5.74) is 0.657. The van der Waals surface area contributed by atoms with Gasteiger partial charge in [0.2, 0.25) is 5.91 Å². The zero-order valence-corrected chi connectivity index (χ0v) is 13.3. The molecule has 1 aliphatic heterocycles. The van der Waals surface area contributed by atoms with Crippen LogP contribution in [-0.4, -0.2) is 32.1 Å². The molecule has 1 aromatic carbocycles. The SMILES string of the molecule is C=CCOC(=O)C1CC(=O)N(c2ccc(Br)cc2OC)C1. The van der Waals surface area contributed by atoms with Crippen molar-refractivity contribution in [3.8, 4) is 5.75 Å². The van der Waals surface area contributed by atoms with Crippen molar-refractivity contribution in [1.82, 2.24) is 0 Å². The molecule has 1 atom stereocenters. The molecule has 0 bridgehead atoms. The van der Waals surface area contributed by atoms with Crippen LogP contribution in [0.15, 0.2) is 35.3 Å². The number of benzene rings is 1. The molecule has 0 aliphatic carbocycles. The van der Waals surface area contributed by atoms with Gasteiger partial charge in [-0.1, -0.05) is 28.6 Å². The van der Waals surface area contributed by atoms with E-state index in [1.54, 1.807) is 24.1 Å². The van der Waals surface area contributed by atoms with E-state index < -0.39 is 5.92 Å². The average molecular weight is 354 g/mol. The standard InChI is InChI=1S/C15H16BrNO4/c1-3-6-21-15(19)10-7-14(18)17(9-10)12-5-4-11(16)8-13(12)20-2/h3-5,8,10H,1,6-7,9H2,2H3. The van der Waals surface area contributed by atoms with Crippen molar-refractivity contribution in [2.75, 3.05) is 25.2 Å². The molecular formula is C15H16BrNO4. The molecule has 1 heterocycles. The maximum atomic E-state index is 12.1. The summed E-state index contributed by atoms with van der Waals surface area (Å²) in [6.07, 6.45) is 1.65. The minimum absolute atomic E-state index is 0.115. The van der Waals surface area contributed by atoms with Gasteiger partial charge >= 0.3 is 5.97 Å². The number of rotatable bonds is 5. The molecule has 1 saturated heterocycles. The topological polar surface area (TPSA) is 55.8 Å². The summed E-state index contributed by atoms with van der Waals surface area (Å²) >= 11 is 3.36. The highest BCUT2D eigenvalue weighted by Gasteiger charge is 2.37. The highest BCUT2D eigenvalue weighted by atomic mass is 79.9. The van der Waals surface area contributed by atoms with Crippen molar-refractivity contribution in [2.24, 2.45) is 5.92 Å². The Hall–Kier alpha value is -1.82. The third kappa shape index (κ3) is 3.44. The molecule has 0 aromatic heterocycles. The summed E-state index contributed by atoms with van der Waals surface area (Å²) in [6.45, 7) is 3.95. The zero-order valence-electron chi connectivity index (χ0n) is 11.7. The summed E-state index contributed by atoms with van der Waals surface area (Å²) in [5, 5.41) is 0. The van der Waals surface area contributed by atoms with Gasteiger partial charge in [-0.2, -0.15) is 0 Å². The lowest BCUT2D eigenvalue weighted by molar-refractivity contribution is -0.147. The Labute approximate surface area is 131 Å². The number of hydrogen-bond acceptors (Lipinski definition) is 4. The molecule has 2 rings (SSSR count). The second-order valence-electron chi connectivity index (χ2n) is 4.64. The summed E-state index contributed by atoms with van der Waals surface area (Å²) in [4.78, 5) is 25.6. The van der Waals surface area contributed by atoms with Gasteiger partial charge in [-0.25, -0.2) is 0 Å². The van der Waals surface area contributed by atoms with Crippen LogP contribution in [0.3, 0.4) is 0 Å². The van der Waals surface area contributed by atoms with E-state index in [4.69, 9.17) is 9.47 Å². The number of halogens is 1. The number of methoxy groups -OCH3 is 1. The van der Waals surface area contributed by atoms with Crippen LogP contribution in [-0.2, 0) is 14.3 Å². The lowest BCUT2D eigenvalue weighted by Gasteiger charge is -2.19. The van der Waals surface area contributed by atoms with Crippen molar-refractivity contribution in [2.45, 2.75) is 6.42 Å². The predicted octanol–water partition coefficient (Wildman–Crippen LogP) is 2.54. The van der Waals surface area contributed by atoms with Crippen molar-refractivity contribution < 1.29 is 19.1 Å². The molecule has 1 amide bonds. The van der Waals surface area contributed by atoms with Gasteiger partial charge in [0.1, 0.15) is 12.4 Å². The number of esters is 1. The molecule has 0 saturated carbocycles. The van der Waals surface area contributed by atoms with Gasteiger partial charge in [0, 0.05) is 17.4 Å². The Morgan fingerprint density at radius 2 is 2.33 bits per heavy atom. The van der Waals surface area contributed by atoms with Crippen molar-refractivity contribution in [3.63, 3.8) is 0 Å². The Morgan fingerprint density at radius 1 is 1.57 bits per heavy atom. The molecule has 0 spiro atoms. The number of carbonyl (C=O) groups excluding carboxylic acids is 2. The molecule has 0 N–H and O–H groups in total. The van der Waals surface area contributed by atoms with Crippen LogP contribution in [0, 0.1) is 5.92 Å². The van der Waals surface area contributed by atoms with E-state index in [0.717, 1.165) is 4.47 Å². The number of nitrogens with zero attached hydrogens (tertiary/aromatic N) is 1. The first-order valence-electron chi connectivity index (χ1n) is 6.48. The van der Waals surface area contributed by atoms with Crippen LogP contribution >= 0.6 is 15.9 Å². The monoisotopic (exact) mass is 353 g/mol. The normalized spacial score (nSPS) is 17.7. The number of anilines is 1. The van der Waals surface area contributed by atoms with Crippen LogP contribution in [0.2, 0.25) is 0 Å². The lowest BCUT2D eigenvalue weighted by atomic mass is 10.1. The highest BCUT2D eigenvalue weighted by molar-refractivity contribution is 9.10. The third-order valence-corrected chi connectivity index (χ3v) is 3.73. The first-order chi connectivity index (χ1) is 10.1. The van der Waals surface area contributed by atoms with E-state index in [0.29, 0.717) is 18.0 Å². The van der Waals surface area contributed by atoms with Gasteiger partial charge < -0.3 is 14.4 Å². The van der Waals surface area contributed by atoms with Gasteiger partial charge in [0.05, 0.1) is 18.7 Å². The summed E-state index contributed by atoms with van der Waals surface area (Å²) in [7, 11) is 1.54. The quantitative estimate of drug-likeness (QED) is 0.602. The molecule has 1 aromatic rings. The van der Waals surface area contributed by atoms with E-state index >= 15 is 0 Å². The molecular weight excluding hydrogens is 338 g/mol. The Bertz CT molecular complexity index is 573. The van der Waals surface area contributed by atoms with Gasteiger partial charge in [0.25, 0.3) is 0 Å². The molecule has 1 fully saturated rings. The van der Waals surface area contributed by atoms with Gasteiger partial charge in [-0.3, -0.25) is 9.59 Å². The summed E-state index contributed by atoms with van der Waals surface area (Å²) in [5.74, 6) is -0.360. The Kier molecular flexibility index (Phi) is 5.01. The molecule has 5 nitrogen and oxygen atoms in total. The fourth-order valence-corrected chi connectivity index (χ4v) is 2.57. The maximum Gasteiger partial charge on any atom is 0.311 e. The lowest BCUT2D eigenvalue weighted by Crippen LogP contribution is -2.26. The predicted molar refractivity (Wildman–Crippen MR) is 82.3 cm³/mol. The number of ether oxygens (including phenoxy) is 2. The number of carbonyl (C=O) groups is 2. The summed E-state index contributed by atoms with van der Waals surface area (Å²) < 4.78 is 11.2. The third-order valence-electron chi connectivity index (χ3n) is 3.23. The van der Waals surface area contributed by atoms with Gasteiger partial charge in [0.15, 0.2) is 0 Å². The molecule has 1 unspecified atom stereocenters. The van der Waals surface area contributed by atoms with Crippen LogP contribution < -0.4 is 9.64 Å². The average Bonchev–Trinajstić information content (AvgIpc) is 2.86. The zero-order chi connectivity index (χ0) is 15.4. The smallest absolute Gasteiger partial charge is 0.311 e. The van der Waals surface area contributed by atoms with E-state index in [1.165, 1.54) is 6.08 Å². The molecule has 0 radical (unpaired) electrons. The largest absolute Gasteiger partial charge is 0.495 e. The summed E-state index contributed by atoms with van der Waals surface area (Å²) in [6, 6.07) is 5.40. The van der Waals surface area contributed by atoms with Crippen molar-refractivity contribution in [1.29, 1.82) is 0 Å². The van der Waals surface area contributed by atoms with E-state index in [2.05, 4.69) is 22.5 Å². The molecule has 6 heteroatoms. The minimum atomic E-state index is -0.453. The van der Waals surface area contributed by atoms with Crippen LogP contribution in [0.1, 0.15) is 6.42 Å². The fourth-order valence-electron chi connectivity index (χ4n) is 2.23. The van der Waals surface area contributed by atoms with Gasteiger partial charge in [-0.05, 0) is 18.2 Å². The molecule has 1 aliphatic rings. The van der Waals surface area contributed by atoms with Crippen LogP contribution in [0.5, 0.6) is 5.75 Å². The highest BCUT2D eigenvalue weighted by Crippen LogP contribution is 2.35. The second kappa shape index (κ2) is 6.76. The number of amides is 1. The van der Waals surface area contributed by atoms with Crippen molar-refractivity contribution in [3.05, 3.63) is 35.3 Å². The second-order valence-corrected chi connectivity index (χ2v) is 5.56. The fraction of sp³-hybridized carbons (Fsp3) is 0.333. The Balaban J connectivity index is 2.17. The van der Waals surface area contributed by atoms with E-state index in [9.17, 15) is 9.59 Å². The van der Waals surface area contributed by atoms with E-state index in [1.807, 2.05) is 6.07 Å². The van der Waals surface area contributed by atoms with Crippen LogP contribution in [0.25, 0.3) is 0 Å². The minimum Gasteiger partial charge on any atom is -0.495 e. The first-order valence-corrected chi connectivity index (χ1v) is 7.27. The van der Waals surface area contributed by atoms with Gasteiger partial charge in [-0.15, -0.1) is 0 Å². The maximum absolute atomic E-state index is 12.1. The van der Waals surface area contributed by atoms with Crippen LogP contribution in [0.4, 0.5) is 5.69 Å². The van der Waals surface area contributed by atoms with Crippen molar-refractivity contribution >= 4 is 33.5 Å². The first kappa shape index (κ1) is 15.6. The molecule has 21 heavy (non-hydrogen) atoms.